The van der Waals surface area contributed by atoms with Crippen molar-refractivity contribution in [1.82, 2.24) is 15.1 Å². The fraction of sp³-hybridized carbons (Fsp3) is 0.471. The molecule has 0 fully saturated rings. The first-order valence-corrected chi connectivity index (χ1v) is 7.46. The fourth-order valence-electron chi connectivity index (χ4n) is 2.70. The molecule has 0 aliphatic carbocycles. The van der Waals surface area contributed by atoms with Gasteiger partial charge in [-0.15, -0.1) is 0 Å². The van der Waals surface area contributed by atoms with Crippen LogP contribution in [-0.2, 0) is 24.6 Å². The first-order chi connectivity index (χ1) is 10.2. The van der Waals surface area contributed by atoms with Crippen LogP contribution < -0.4 is 5.32 Å². The van der Waals surface area contributed by atoms with Crippen molar-refractivity contribution >= 4 is 0 Å². The predicted molar refractivity (Wildman–Crippen MR) is 85.3 cm³/mol. The van der Waals surface area contributed by atoms with E-state index >= 15 is 0 Å². The molecule has 2 atom stereocenters. The SMILES string of the molecule is CCc1cc(CC(NC)C(OC)c2ccccc2)n(C)n1. The summed E-state index contributed by atoms with van der Waals surface area (Å²) in [6, 6.07) is 12.7. The Kier molecular flexibility index (Phi) is 5.53. The predicted octanol–water partition coefficient (Wildman–Crippen LogP) is 2.50. The molecule has 0 saturated heterocycles. The van der Waals surface area contributed by atoms with Crippen LogP contribution in [0.25, 0.3) is 0 Å². The largest absolute Gasteiger partial charge is 0.375 e. The van der Waals surface area contributed by atoms with Crippen LogP contribution in [0.3, 0.4) is 0 Å². The number of aryl methyl sites for hydroxylation is 2. The number of likely N-dealkylation sites (N-methyl/N-ethyl adjacent to an activating group) is 1. The number of rotatable bonds is 7. The van der Waals surface area contributed by atoms with Gasteiger partial charge in [0.1, 0.15) is 0 Å². The Morgan fingerprint density at radius 1 is 1.29 bits per heavy atom. The van der Waals surface area contributed by atoms with Gasteiger partial charge < -0.3 is 10.1 Å². The zero-order valence-electron chi connectivity index (χ0n) is 13.3. The fourth-order valence-corrected chi connectivity index (χ4v) is 2.70. The number of benzene rings is 1. The molecule has 0 radical (unpaired) electrons. The van der Waals surface area contributed by atoms with E-state index in [4.69, 9.17) is 4.74 Å². The van der Waals surface area contributed by atoms with Crippen LogP contribution in [0.1, 0.15) is 30.0 Å². The molecular weight excluding hydrogens is 262 g/mol. The highest BCUT2D eigenvalue weighted by atomic mass is 16.5. The van der Waals surface area contributed by atoms with Crippen molar-refractivity contribution in [2.24, 2.45) is 7.05 Å². The summed E-state index contributed by atoms with van der Waals surface area (Å²) in [5.74, 6) is 0. The van der Waals surface area contributed by atoms with Crippen molar-refractivity contribution in [3.63, 3.8) is 0 Å². The van der Waals surface area contributed by atoms with E-state index in [1.165, 1.54) is 11.3 Å². The van der Waals surface area contributed by atoms with Gasteiger partial charge in [-0.1, -0.05) is 37.3 Å². The Labute approximate surface area is 127 Å². The van der Waals surface area contributed by atoms with E-state index in [0.29, 0.717) is 0 Å². The highest BCUT2D eigenvalue weighted by Crippen LogP contribution is 2.23. The van der Waals surface area contributed by atoms with Gasteiger partial charge in [0, 0.05) is 32.3 Å². The molecule has 4 heteroatoms. The van der Waals surface area contributed by atoms with E-state index in [-0.39, 0.29) is 12.1 Å². The maximum absolute atomic E-state index is 5.74. The number of hydrogen-bond donors (Lipinski definition) is 1. The van der Waals surface area contributed by atoms with E-state index in [2.05, 4.69) is 35.5 Å². The van der Waals surface area contributed by atoms with E-state index in [0.717, 1.165) is 18.5 Å². The monoisotopic (exact) mass is 287 g/mol. The second kappa shape index (κ2) is 7.38. The molecule has 2 unspecified atom stereocenters. The van der Waals surface area contributed by atoms with E-state index < -0.39 is 0 Å². The summed E-state index contributed by atoms with van der Waals surface area (Å²) in [6.45, 7) is 2.13. The molecule has 114 valence electrons. The molecule has 1 aromatic carbocycles. The third-order valence-electron chi connectivity index (χ3n) is 3.94. The zero-order chi connectivity index (χ0) is 15.2. The van der Waals surface area contributed by atoms with Gasteiger partial charge in [0.25, 0.3) is 0 Å². The summed E-state index contributed by atoms with van der Waals surface area (Å²) in [6.07, 6.45) is 1.87. The number of hydrogen-bond acceptors (Lipinski definition) is 3. The lowest BCUT2D eigenvalue weighted by molar-refractivity contribution is 0.0698. The van der Waals surface area contributed by atoms with Gasteiger partial charge in [-0.3, -0.25) is 4.68 Å². The van der Waals surface area contributed by atoms with Crippen molar-refractivity contribution in [2.75, 3.05) is 14.2 Å². The van der Waals surface area contributed by atoms with Crippen molar-refractivity contribution < 1.29 is 4.74 Å². The number of aromatic nitrogens is 2. The molecule has 0 spiro atoms. The van der Waals surface area contributed by atoms with Crippen molar-refractivity contribution in [3.8, 4) is 0 Å². The summed E-state index contributed by atoms with van der Waals surface area (Å²) in [7, 11) is 5.75. The standard InChI is InChI=1S/C17H25N3O/c1-5-14-11-15(20(3)19-14)12-16(18-2)17(21-4)13-9-7-6-8-10-13/h6-11,16-18H,5,12H2,1-4H3. The van der Waals surface area contributed by atoms with Crippen molar-refractivity contribution in [1.29, 1.82) is 0 Å². The minimum absolute atomic E-state index is 0.0242. The lowest BCUT2D eigenvalue weighted by Crippen LogP contribution is -2.35. The van der Waals surface area contributed by atoms with Crippen LogP contribution in [0.15, 0.2) is 36.4 Å². The zero-order valence-corrected chi connectivity index (χ0v) is 13.3. The molecule has 4 nitrogen and oxygen atoms in total. The minimum atomic E-state index is 0.0242. The minimum Gasteiger partial charge on any atom is -0.375 e. The third-order valence-corrected chi connectivity index (χ3v) is 3.94. The molecule has 0 aliphatic rings. The second-order valence-corrected chi connectivity index (χ2v) is 5.27. The van der Waals surface area contributed by atoms with Crippen LogP contribution >= 0.6 is 0 Å². The molecule has 0 bridgehead atoms. The molecule has 1 aromatic heterocycles. The number of nitrogens with zero attached hydrogens (tertiary/aromatic N) is 2. The molecule has 0 saturated carbocycles. The molecule has 1 N–H and O–H groups in total. The molecule has 0 aliphatic heterocycles. The first-order valence-electron chi connectivity index (χ1n) is 7.46. The summed E-state index contributed by atoms with van der Waals surface area (Å²) in [5.41, 5.74) is 3.55. The first kappa shape index (κ1) is 15.7. The van der Waals surface area contributed by atoms with E-state index in [1.54, 1.807) is 7.11 Å². The maximum Gasteiger partial charge on any atom is 0.0977 e. The second-order valence-electron chi connectivity index (χ2n) is 5.27. The normalized spacial score (nSPS) is 14.1. The van der Waals surface area contributed by atoms with Crippen LogP contribution in [0.4, 0.5) is 0 Å². The van der Waals surface area contributed by atoms with Gasteiger partial charge in [-0.2, -0.15) is 5.10 Å². The van der Waals surface area contributed by atoms with Crippen LogP contribution in [-0.4, -0.2) is 30.0 Å². The summed E-state index contributed by atoms with van der Waals surface area (Å²) in [4.78, 5) is 0. The topological polar surface area (TPSA) is 39.1 Å². The summed E-state index contributed by atoms with van der Waals surface area (Å²) < 4.78 is 7.72. The number of ether oxygens (including phenoxy) is 1. The maximum atomic E-state index is 5.74. The lowest BCUT2D eigenvalue weighted by atomic mass is 9.98. The number of methoxy groups -OCH3 is 1. The van der Waals surface area contributed by atoms with Crippen LogP contribution in [0.5, 0.6) is 0 Å². The van der Waals surface area contributed by atoms with Crippen LogP contribution in [0, 0.1) is 0 Å². The van der Waals surface area contributed by atoms with Crippen molar-refractivity contribution in [3.05, 3.63) is 53.3 Å². The third kappa shape index (κ3) is 3.71. The highest BCUT2D eigenvalue weighted by Gasteiger charge is 2.23. The summed E-state index contributed by atoms with van der Waals surface area (Å²) >= 11 is 0. The molecule has 2 aromatic rings. The van der Waals surface area contributed by atoms with E-state index in [1.807, 2.05) is 37.0 Å². The van der Waals surface area contributed by atoms with Gasteiger partial charge in [0.2, 0.25) is 0 Å². The Morgan fingerprint density at radius 3 is 2.52 bits per heavy atom. The Hall–Kier alpha value is -1.65. The van der Waals surface area contributed by atoms with Gasteiger partial charge in [-0.05, 0) is 25.1 Å². The van der Waals surface area contributed by atoms with Crippen molar-refractivity contribution in [2.45, 2.75) is 31.9 Å². The average Bonchev–Trinajstić information content (AvgIpc) is 2.88. The summed E-state index contributed by atoms with van der Waals surface area (Å²) in [5, 5.41) is 7.91. The quantitative estimate of drug-likeness (QED) is 0.850. The number of nitrogens with one attached hydrogen (secondary N) is 1. The van der Waals surface area contributed by atoms with Crippen LogP contribution in [0.2, 0.25) is 0 Å². The van der Waals surface area contributed by atoms with E-state index in [9.17, 15) is 0 Å². The molecule has 1 heterocycles. The highest BCUT2D eigenvalue weighted by molar-refractivity contribution is 5.21. The molecule has 21 heavy (non-hydrogen) atoms. The Balaban J connectivity index is 2.19. The lowest BCUT2D eigenvalue weighted by Gasteiger charge is -2.26. The molecule has 2 rings (SSSR count). The Bertz CT molecular complexity index is 550. The Morgan fingerprint density at radius 2 is 2.00 bits per heavy atom. The smallest absolute Gasteiger partial charge is 0.0977 e. The molecule has 0 amide bonds. The van der Waals surface area contributed by atoms with Gasteiger partial charge >= 0.3 is 0 Å². The molecular formula is C17H25N3O. The average molecular weight is 287 g/mol. The van der Waals surface area contributed by atoms with Gasteiger partial charge in [0.05, 0.1) is 11.8 Å². The van der Waals surface area contributed by atoms with Gasteiger partial charge in [-0.25, -0.2) is 0 Å². The van der Waals surface area contributed by atoms with Gasteiger partial charge in [0.15, 0.2) is 0 Å².